The van der Waals surface area contributed by atoms with E-state index < -0.39 is 0 Å². The molecule has 0 saturated heterocycles. The summed E-state index contributed by atoms with van der Waals surface area (Å²) in [6.45, 7) is 17.7. The number of hydrogen-bond donors (Lipinski definition) is 0. The minimum absolute atomic E-state index is 0.0356. The second-order valence-corrected chi connectivity index (χ2v) is 25.1. The van der Waals surface area contributed by atoms with Crippen LogP contribution >= 0.6 is 0 Å². The summed E-state index contributed by atoms with van der Waals surface area (Å²) >= 11 is 0. The van der Waals surface area contributed by atoms with Crippen molar-refractivity contribution in [3.63, 3.8) is 0 Å². The molecule has 0 aliphatic heterocycles. The fourth-order valence-corrected chi connectivity index (χ4v) is 14.5. The van der Waals surface area contributed by atoms with Gasteiger partial charge in [0.15, 0.2) is 0 Å². The molecule has 0 radical (unpaired) electrons. The van der Waals surface area contributed by atoms with Crippen molar-refractivity contribution in [1.29, 1.82) is 0 Å². The summed E-state index contributed by atoms with van der Waals surface area (Å²) in [4.78, 5) is 43.3. The molecule has 72 heavy (non-hydrogen) atoms. The molecule has 4 aliphatic carbocycles. The van der Waals surface area contributed by atoms with Gasteiger partial charge in [0, 0.05) is 35.5 Å². The highest BCUT2D eigenvalue weighted by Crippen LogP contribution is 2.70. The smallest absolute Gasteiger partial charge is 0.305 e. The Morgan fingerprint density at radius 2 is 0.653 bits per heavy atom. The third-order valence-corrected chi connectivity index (χ3v) is 18.2. The Hall–Kier alpha value is -1.63. The van der Waals surface area contributed by atoms with Gasteiger partial charge in [-0.05, 0) is 95.2 Å². The maximum atomic E-state index is 13.8. The highest BCUT2D eigenvalue weighted by molar-refractivity contribution is 5.70. The van der Waals surface area contributed by atoms with Gasteiger partial charge in [0.1, 0.15) is 0 Å². The topological polar surface area (TPSA) is 82.1 Å². The van der Waals surface area contributed by atoms with Crippen LogP contribution in [-0.2, 0) is 28.6 Å². The van der Waals surface area contributed by atoms with Gasteiger partial charge < -0.3 is 19.1 Å². The van der Waals surface area contributed by atoms with Crippen LogP contribution in [0.25, 0.3) is 0 Å². The molecule has 0 aromatic heterocycles. The molecule has 4 aliphatic rings. The molecule has 0 N–H and O–H groups in total. The monoisotopic (exact) mass is 1010 g/mol. The van der Waals surface area contributed by atoms with E-state index in [2.05, 4.69) is 46.4 Å². The third-order valence-electron chi connectivity index (χ3n) is 18.2. The van der Waals surface area contributed by atoms with Crippen molar-refractivity contribution in [2.24, 2.45) is 34.0 Å². The second-order valence-electron chi connectivity index (χ2n) is 25.1. The number of rotatable bonds is 50. The molecule has 4 rings (SSSR count). The van der Waals surface area contributed by atoms with Crippen LogP contribution in [0.3, 0.4) is 0 Å². The van der Waals surface area contributed by atoms with Crippen molar-refractivity contribution < 1.29 is 28.6 Å². The zero-order valence-electron chi connectivity index (χ0n) is 49.0. The zero-order valence-corrected chi connectivity index (χ0v) is 49.0. The Morgan fingerprint density at radius 3 is 0.944 bits per heavy atom. The summed E-state index contributed by atoms with van der Waals surface area (Å²) in [5.41, 5.74) is -0.489. The summed E-state index contributed by atoms with van der Waals surface area (Å²) in [6, 6.07) is 0. The van der Waals surface area contributed by atoms with Crippen LogP contribution in [0.5, 0.6) is 0 Å². The summed E-state index contributed by atoms with van der Waals surface area (Å²) in [7, 11) is 0. The molecule has 4 saturated carbocycles. The molecular formula is C65H121NO6. The van der Waals surface area contributed by atoms with E-state index in [1.165, 1.54) is 205 Å². The lowest BCUT2D eigenvalue weighted by Gasteiger charge is -2.66. The molecule has 2 unspecified atom stereocenters. The number of hydrogen-bond acceptors (Lipinski definition) is 7. The molecular weight excluding hydrogens is 891 g/mol. The van der Waals surface area contributed by atoms with E-state index in [1.54, 1.807) is 0 Å². The first-order valence-corrected chi connectivity index (χ1v) is 32.3. The molecule has 0 amide bonds. The van der Waals surface area contributed by atoms with Gasteiger partial charge in [-0.15, -0.1) is 0 Å². The molecule has 4 fully saturated rings. The highest BCUT2D eigenvalue weighted by Gasteiger charge is 2.64. The minimum atomic E-state index is -0.164. The van der Waals surface area contributed by atoms with Crippen LogP contribution in [0.2, 0.25) is 0 Å². The normalized spacial score (nSPS) is 21.4. The Labute approximate surface area is 447 Å². The van der Waals surface area contributed by atoms with Gasteiger partial charge in [-0.3, -0.25) is 14.4 Å². The van der Waals surface area contributed by atoms with Crippen LogP contribution in [0.1, 0.15) is 324 Å². The van der Waals surface area contributed by atoms with Gasteiger partial charge in [-0.25, -0.2) is 0 Å². The van der Waals surface area contributed by atoms with E-state index in [9.17, 15) is 14.4 Å². The Kier molecular flexibility index (Phi) is 35.7. The Bertz CT molecular complexity index is 1250. The van der Waals surface area contributed by atoms with Gasteiger partial charge in [-0.2, -0.15) is 0 Å². The van der Waals surface area contributed by atoms with Crippen LogP contribution < -0.4 is 0 Å². The fraction of sp³-hybridized carbons (Fsp3) is 0.954. The summed E-state index contributed by atoms with van der Waals surface area (Å²) in [6.07, 6.45) is 52.2. The minimum Gasteiger partial charge on any atom is -0.465 e. The molecule has 7 nitrogen and oxygen atoms in total. The molecule has 2 atom stereocenters. The van der Waals surface area contributed by atoms with E-state index in [1.807, 2.05) is 0 Å². The molecule has 0 aromatic carbocycles. The van der Waals surface area contributed by atoms with Crippen molar-refractivity contribution in [1.82, 2.24) is 4.90 Å². The molecule has 4 bridgehead atoms. The summed E-state index contributed by atoms with van der Waals surface area (Å²) in [5, 5.41) is 0. The molecule has 7 heteroatoms. The highest BCUT2D eigenvalue weighted by atomic mass is 16.5. The van der Waals surface area contributed by atoms with E-state index in [0.717, 1.165) is 77.4 Å². The van der Waals surface area contributed by atoms with E-state index in [-0.39, 0.29) is 34.2 Å². The van der Waals surface area contributed by atoms with Crippen molar-refractivity contribution in [3.05, 3.63) is 0 Å². The summed E-state index contributed by atoms with van der Waals surface area (Å²) < 4.78 is 19.1. The van der Waals surface area contributed by atoms with Crippen molar-refractivity contribution in [3.8, 4) is 0 Å². The third kappa shape index (κ3) is 27.9. The van der Waals surface area contributed by atoms with Gasteiger partial charge >= 0.3 is 17.9 Å². The molecule has 0 aromatic rings. The number of nitrogens with zero attached hydrogens (tertiary/aromatic N) is 1. The Morgan fingerprint density at radius 1 is 0.375 bits per heavy atom. The van der Waals surface area contributed by atoms with E-state index >= 15 is 0 Å². The quantitative estimate of drug-likeness (QED) is 0.0341. The van der Waals surface area contributed by atoms with Crippen LogP contribution in [-0.4, -0.2) is 62.3 Å². The van der Waals surface area contributed by atoms with Gasteiger partial charge in [0.05, 0.1) is 19.8 Å². The van der Waals surface area contributed by atoms with Gasteiger partial charge in [0.25, 0.3) is 0 Å². The van der Waals surface area contributed by atoms with Crippen molar-refractivity contribution in [2.45, 2.75) is 324 Å². The SMILES string of the molecule is CCCCCCCCCC(CCCCCCCCC)CCC(=O)OCC12CC3CC(COC(=O)CCCN(CC)CC)(C1)CC(COC(=O)CCC(CCCCCCCCC)CCCCCCCCC)(C3)C2. The lowest BCUT2D eigenvalue weighted by atomic mass is 9.40. The lowest BCUT2D eigenvalue weighted by Crippen LogP contribution is -2.61. The maximum Gasteiger partial charge on any atom is 0.305 e. The van der Waals surface area contributed by atoms with Gasteiger partial charge in [0.2, 0.25) is 0 Å². The average Bonchev–Trinajstić information content (AvgIpc) is 3.37. The first-order chi connectivity index (χ1) is 35.1. The number of carbonyl (C=O) groups is 3. The number of ether oxygens (including phenoxy) is 3. The predicted molar refractivity (Wildman–Crippen MR) is 304 cm³/mol. The summed E-state index contributed by atoms with van der Waals surface area (Å²) in [5.74, 6) is 1.49. The van der Waals surface area contributed by atoms with E-state index in [4.69, 9.17) is 14.2 Å². The second kappa shape index (κ2) is 39.7. The zero-order chi connectivity index (χ0) is 52.0. The molecule has 422 valence electrons. The van der Waals surface area contributed by atoms with Gasteiger partial charge in [-0.1, -0.05) is 247 Å². The first-order valence-electron chi connectivity index (χ1n) is 32.3. The predicted octanol–water partition coefficient (Wildman–Crippen LogP) is 19.1. The van der Waals surface area contributed by atoms with Crippen molar-refractivity contribution in [2.75, 3.05) is 39.5 Å². The standard InChI is InChI=1S/C65H121NO6/c1-7-13-17-21-25-29-33-38-57(39-34-30-26-22-18-14-8-2)43-45-61(68)71-55-64-49-59-48-63(51-64,54-70-60(67)42-37-47-66(11-5)12-6)52-65(50-59,53-64)56-72-62(69)46-44-58(40-35-31-27-23-19-15-9-3)41-36-32-28-24-20-16-10-4/h57-59H,7-56H2,1-6H3. The van der Waals surface area contributed by atoms with Crippen LogP contribution in [0.4, 0.5) is 0 Å². The average molecular weight is 1010 g/mol. The van der Waals surface area contributed by atoms with Crippen LogP contribution in [0, 0.1) is 34.0 Å². The fourth-order valence-electron chi connectivity index (χ4n) is 14.5. The lowest BCUT2D eigenvalue weighted by molar-refractivity contribution is -0.212. The number of esters is 3. The molecule has 0 heterocycles. The Balaban J connectivity index is 1.64. The molecule has 0 spiro atoms. The van der Waals surface area contributed by atoms with Crippen LogP contribution in [0.15, 0.2) is 0 Å². The number of carbonyl (C=O) groups excluding carboxylic acids is 3. The maximum absolute atomic E-state index is 13.8. The van der Waals surface area contributed by atoms with Crippen molar-refractivity contribution >= 4 is 17.9 Å². The largest absolute Gasteiger partial charge is 0.465 e. The first kappa shape index (κ1) is 64.7. The van der Waals surface area contributed by atoms with E-state index in [0.29, 0.717) is 56.8 Å². The number of unbranched alkanes of at least 4 members (excludes halogenated alkanes) is 24.